The molecule has 1 aliphatic rings. The maximum atomic E-state index is 12.4. The van der Waals surface area contributed by atoms with Crippen molar-refractivity contribution < 1.29 is 33.3 Å². The van der Waals surface area contributed by atoms with Crippen LogP contribution in [0.4, 0.5) is 5.69 Å². The smallest absolute Gasteiger partial charge is 0.339 e. The molecule has 1 heterocycles. The maximum Gasteiger partial charge on any atom is 0.339 e. The van der Waals surface area contributed by atoms with Crippen molar-refractivity contribution in [3.63, 3.8) is 0 Å². The number of hydrogen-bond donors (Lipinski definition) is 1. The molecule has 2 aromatic rings. The summed E-state index contributed by atoms with van der Waals surface area (Å²) in [6.45, 7) is 2.20. The van der Waals surface area contributed by atoms with E-state index in [-0.39, 0.29) is 10.6 Å². The van der Waals surface area contributed by atoms with Gasteiger partial charge in [0.2, 0.25) is 0 Å². The van der Waals surface area contributed by atoms with Crippen LogP contribution in [0.15, 0.2) is 30.3 Å². The second-order valence-electron chi connectivity index (χ2n) is 6.09. The van der Waals surface area contributed by atoms with E-state index >= 15 is 0 Å². The summed E-state index contributed by atoms with van der Waals surface area (Å²) in [6.07, 6.45) is -1.05. The molecule has 1 unspecified atom stereocenters. The Hall–Kier alpha value is -3.13. The van der Waals surface area contributed by atoms with Gasteiger partial charge in [0.1, 0.15) is 13.2 Å². The quantitative estimate of drug-likeness (QED) is 0.715. The molecule has 29 heavy (non-hydrogen) atoms. The predicted molar refractivity (Wildman–Crippen MR) is 105 cm³/mol. The van der Waals surface area contributed by atoms with Crippen LogP contribution >= 0.6 is 11.6 Å². The van der Waals surface area contributed by atoms with E-state index in [4.69, 9.17) is 35.3 Å². The van der Waals surface area contributed by atoms with E-state index in [0.29, 0.717) is 41.9 Å². The molecule has 0 fully saturated rings. The fraction of sp³-hybridized carbons (Fsp3) is 0.300. The highest BCUT2D eigenvalue weighted by molar-refractivity contribution is 6.32. The number of benzene rings is 2. The van der Waals surface area contributed by atoms with Gasteiger partial charge >= 0.3 is 5.97 Å². The number of hydrogen-bond acceptors (Lipinski definition) is 7. The summed E-state index contributed by atoms with van der Waals surface area (Å²) in [5.74, 6) is 0.515. The number of amides is 1. The lowest BCUT2D eigenvalue weighted by atomic mass is 10.2. The van der Waals surface area contributed by atoms with Gasteiger partial charge in [0.25, 0.3) is 5.91 Å². The molecule has 3 rings (SSSR count). The molecule has 1 N–H and O–H groups in total. The van der Waals surface area contributed by atoms with Crippen LogP contribution in [0.1, 0.15) is 17.3 Å². The molecule has 2 aromatic carbocycles. The van der Waals surface area contributed by atoms with Crippen LogP contribution in [0.2, 0.25) is 5.02 Å². The van der Waals surface area contributed by atoms with E-state index in [1.54, 1.807) is 18.2 Å². The minimum atomic E-state index is -1.05. The lowest BCUT2D eigenvalue weighted by molar-refractivity contribution is -0.123. The highest BCUT2D eigenvalue weighted by Crippen LogP contribution is 2.38. The number of carbonyl (C=O) groups is 2. The van der Waals surface area contributed by atoms with Crippen LogP contribution in [0.5, 0.6) is 23.0 Å². The molecule has 1 aliphatic heterocycles. The minimum absolute atomic E-state index is 0.157. The van der Waals surface area contributed by atoms with Crippen molar-refractivity contribution >= 4 is 29.2 Å². The predicted octanol–water partition coefficient (Wildman–Crippen LogP) is 3.31. The van der Waals surface area contributed by atoms with E-state index in [9.17, 15) is 9.59 Å². The zero-order chi connectivity index (χ0) is 21.0. The normalized spacial score (nSPS) is 13.2. The Balaban J connectivity index is 1.66. The van der Waals surface area contributed by atoms with Crippen LogP contribution in [-0.2, 0) is 9.53 Å². The Morgan fingerprint density at radius 2 is 1.79 bits per heavy atom. The maximum absolute atomic E-state index is 12.4. The van der Waals surface area contributed by atoms with Crippen molar-refractivity contribution in [1.29, 1.82) is 0 Å². The molecule has 0 saturated carbocycles. The second-order valence-corrected chi connectivity index (χ2v) is 6.50. The van der Waals surface area contributed by atoms with Gasteiger partial charge in [-0.3, -0.25) is 4.79 Å². The Labute approximate surface area is 172 Å². The molecule has 0 saturated heterocycles. The van der Waals surface area contributed by atoms with Crippen molar-refractivity contribution in [3.05, 3.63) is 40.9 Å². The highest BCUT2D eigenvalue weighted by Gasteiger charge is 2.23. The van der Waals surface area contributed by atoms with E-state index in [2.05, 4.69) is 5.32 Å². The number of nitrogens with one attached hydrogen (secondary N) is 1. The van der Waals surface area contributed by atoms with Crippen LogP contribution in [-0.4, -0.2) is 45.4 Å². The topological polar surface area (TPSA) is 92.3 Å². The molecule has 9 heteroatoms. The van der Waals surface area contributed by atoms with Gasteiger partial charge in [-0.2, -0.15) is 0 Å². The van der Waals surface area contributed by atoms with Crippen LogP contribution in [0.3, 0.4) is 0 Å². The highest BCUT2D eigenvalue weighted by atomic mass is 35.5. The van der Waals surface area contributed by atoms with Gasteiger partial charge in [0.05, 0.1) is 24.8 Å². The number of rotatable bonds is 6. The third kappa shape index (κ3) is 4.65. The summed E-state index contributed by atoms with van der Waals surface area (Å²) in [7, 11) is 3.01. The fourth-order valence-corrected chi connectivity index (χ4v) is 2.93. The first-order chi connectivity index (χ1) is 13.9. The largest absolute Gasteiger partial charge is 0.493 e. The van der Waals surface area contributed by atoms with Gasteiger partial charge in [-0.25, -0.2) is 4.79 Å². The lowest BCUT2D eigenvalue weighted by Gasteiger charge is -2.20. The van der Waals surface area contributed by atoms with E-state index < -0.39 is 18.0 Å². The Morgan fingerprint density at radius 1 is 1.07 bits per heavy atom. The summed E-state index contributed by atoms with van der Waals surface area (Å²) >= 11 is 6.14. The van der Waals surface area contributed by atoms with Crippen molar-refractivity contribution in [2.24, 2.45) is 0 Å². The number of ether oxygens (including phenoxy) is 5. The van der Waals surface area contributed by atoms with Crippen LogP contribution < -0.4 is 24.3 Å². The molecule has 1 atom stereocenters. The third-order valence-corrected chi connectivity index (χ3v) is 4.42. The number of fused-ring (bicyclic) bond motifs is 1. The van der Waals surface area contributed by atoms with Gasteiger partial charge in [-0.15, -0.1) is 0 Å². The first kappa shape index (κ1) is 20.6. The second kappa shape index (κ2) is 8.91. The van der Waals surface area contributed by atoms with Crippen molar-refractivity contribution in [3.8, 4) is 23.0 Å². The van der Waals surface area contributed by atoms with E-state index in [1.165, 1.54) is 33.3 Å². The molecular weight excluding hydrogens is 402 g/mol. The van der Waals surface area contributed by atoms with Gasteiger partial charge in [-0.1, -0.05) is 11.6 Å². The van der Waals surface area contributed by atoms with Gasteiger partial charge in [0, 0.05) is 11.8 Å². The van der Waals surface area contributed by atoms with Crippen molar-refractivity contribution in [2.45, 2.75) is 13.0 Å². The summed E-state index contributed by atoms with van der Waals surface area (Å²) in [5.41, 5.74) is 0.628. The molecule has 1 amide bonds. The summed E-state index contributed by atoms with van der Waals surface area (Å²) < 4.78 is 26.5. The Bertz CT molecular complexity index is 931. The zero-order valence-corrected chi connectivity index (χ0v) is 16.9. The first-order valence-corrected chi connectivity index (χ1v) is 9.13. The van der Waals surface area contributed by atoms with Crippen LogP contribution in [0.25, 0.3) is 0 Å². The molecule has 0 radical (unpaired) electrons. The Morgan fingerprint density at radius 3 is 2.52 bits per heavy atom. The summed E-state index contributed by atoms with van der Waals surface area (Å²) in [4.78, 5) is 24.8. The standard InChI is InChI=1S/C20H20ClNO7/c1-11(19(23)22-13-4-5-15(25-2)16(10-13)26-3)29-20(24)12-8-14(21)18-17(9-12)27-6-7-28-18/h4-5,8-11H,6-7H2,1-3H3,(H,22,23). The van der Waals surface area contributed by atoms with Gasteiger partial charge in [0.15, 0.2) is 29.1 Å². The zero-order valence-electron chi connectivity index (χ0n) is 16.1. The number of methoxy groups -OCH3 is 2. The number of anilines is 1. The summed E-state index contributed by atoms with van der Waals surface area (Å²) in [5, 5.41) is 2.90. The first-order valence-electron chi connectivity index (χ1n) is 8.76. The van der Waals surface area contributed by atoms with Gasteiger partial charge < -0.3 is 29.0 Å². The fourth-order valence-electron chi connectivity index (χ4n) is 2.67. The molecular formula is C20H20ClNO7. The molecule has 154 valence electrons. The monoisotopic (exact) mass is 421 g/mol. The molecule has 0 bridgehead atoms. The minimum Gasteiger partial charge on any atom is -0.493 e. The summed E-state index contributed by atoms with van der Waals surface area (Å²) in [6, 6.07) is 7.79. The molecule has 0 spiro atoms. The van der Waals surface area contributed by atoms with Crippen molar-refractivity contribution in [1.82, 2.24) is 0 Å². The van der Waals surface area contributed by atoms with Crippen LogP contribution in [0, 0.1) is 0 Å². The lowest BCUT2D eigenvalue weighted by Crippen LogP contribution is -2.30. The molecule has 8 nitrogen and oxygen atoms in total. The SMILES string of the molecule is COc1ccc(NC(=O)C(C)OC(=O)c2cc(Cl)c3c(c2)OCCO3)cc1OC. The average molecular weight is 422 g/mol. The molecule has 0 aromatic heterocycles. The number of carbonyl (C=O) groups excluding carboxylic acids is 2. The number of esters is 1. The van der Waals surface area contributed by atoms with Crippen molar-refractivity contribution in [2.75, 3.05) is 32.8 Å². The van der Waals surface area contributed by atoms with E-state index in [0.717, 1.165) is 0 Å². The third-order valence-electron chi connectivity index (χ3n) is 4.14. The van der Waals surface area contributed by atoms with Gasteiger partial charge in [-0.05, 0) is 31.2 Å². The van der Waals surface area contributed by atoms with E-state index in [1.807, 2.05) is 0 Å². The molecule has 0 aliphatic carbocycles. The Kier molecular flexibility index (Phi) is 6.33. The number of halogens is 1. The average Bonchev–Trinajstić information content (AvgIpc) is 2.73.